The average Bonchev–Trinajstić information content (AvgIpc) is 2.83. The van der Waals surface area contributed by atoms with Crippen LogP contribution in [0.5, 0.6) is 5.75 Å². The highest BCUT2D eigenvalue weighted by molar-refractivity contribution is 7.91. The fourth-order valence-electron chi connectivity index (χ4n) is 3.63. The largest absolute Gasteiger partial charge is 0.508 e. The minimum Gasteiger partial charge on any atom is -0.508 e. The van der Waals surface area contributed by atoms with Gasteiger partial charge in [0.2, 0.25) is 5.91 Å². The van der Waals surface area contributed by atoms with E-state index in [1.54, 1.807) is 23.1 Å². The number of piperazine rings is 1. The average molecular weight is 354 g/mol. The number of rotatable bonds is 4. The second-order valence-electron chi connectivity index (χ2n) is 6.37. The lowest BCUT2D eigenvalue weighted by molar-refractivity contribution is -0.141. The van der Waals surface area contributed by atoms with Gasteiger partial charge in [-0.2, -0.15) is 0 Å². The summed E-state index contributed by atoms with van der Waals surface area (Å²) in [5.41, 5.74) is 0.926. The second kappa shape index (κ2) is 6.70. The predicted octanol–water partition coefficient (Wildman–Crippen LogP) is -0.152. The summed E-state index contributed by atoms with van der Waals surface area (Å²) in [5.74, 6) is 0.0929. The Morgan fingerprint density at radius 2 is 2.04 bits per heavy atom. The van der Waals surface area contributed by atoms with Crippen LogP contribution in [0.15, 0.2) is 24.3 Å². The van der Waals surface area contributed by atoms with Crippen molar-refractivity contribution in [3.63, 3.8) is 0 Å². The lowest BCUT2D eigenvalue weighted by Crippen LogP contribution is -2.60. The number of sulfone groups is 1. The van der Waals surface area contributed by atoms with E-state index in [0.29, 0.717) is 19.6 Å². The van der Waals surface area contributed by atoms with Gasteiger partial charge in [-0.05, 0) is 17.7 Å². The second-order valence-corrected chi connectivity index (χ2v) is 8.53. The summed E-state index contributed by atoms with van der Waals surface area (Å²) >= 11 is 0. The normalized spacial score (nSPS) is 26.3. The van der Waals surface area contributed by atoms with Crippen LogP contribution >= 0.6 is 0 Å². The van der Waals surface area contributed by atoms with Gasteiger partial charge in [0.25, 0.3) is 0 Å². The Labute approximate surface area is 141 Å². The van der Waals surface area contributed by atoms with Crippen molar-refractivity contribution in [1.82, 2.24) is 9.80 Å². The zero-order valence-corrected chi connectivity index (χ0v) is 14.4. The highest BCUT2D eigenvalue weighted by atomic mass is 32.2. The minimum atomic E-state index is -3.17. The molecule has 0 bridgehead atoms. The standard InChI is InChI=1S/C16H22N2O5S/c1-23-9-16(20)18-6-5-17(8-12-3-2-4-13(19)7-12)14-10-24(21,22)11-15(14)18/h2-4,7,14-15,19H,5-6,8-11H2,1H3/t14-,15+/m0/s1. The number of aromatic hydroxyl groups is 1. The van der Waals surface area contributed by atoms with Crippen LogP contribution in [0.2, 0.25) is 0 Å². The van der Waals surface area contributed by atoms with Gasteiger partial charge in [-0.15, -0.1) is 0 Å². The van der Waals surface area contributed by atoms with Crippen LogP contribution in [0.3, 0.4) is 0 Å². The summed E-state index contributed by atoms with van der Waals surface area (Å²) < 4.78 is 29.2. The third kappa shape index (κ3) is 3.55. The highest BCUT2D eigenvalue weighted by Crippen LogP contribution is 2.28. The fourth-order valence-corrected chi connectivity index (χ4v) is 5.64. The Hall–Kier alpha value is -1.64. The molecule has 1 aromatic carbocycles. The summed E-state index contributed by atoms with van der Waals surface area (Å²) in [4.78, 5) is 16.0. The van der Waals surface area contributed by atoms with Crippen molar-refractivity contribution < 1.29 is 23.1 Å². The SMILES string of the molecule is COCC(=O)N1CCN(Cc2cccc(O)c2)[C@H]2CS(=O)(=O)C[C@H]21. The van der Waals surface area contributed by atoms with Crippen molar-refractivity contribution >= 4 is 15.7 Å². The lowest BCUT2D eigenvalue weighted by Gasteiger charge is -2.43. The van der Waals surface area contributed by atoms with Crippen molar-refractivity contribution in [3.8, 4) is 5.75 Å². The first-order valence-corrected chi connectivity index (χ1v) is 9.72. The first-order chi connectivity index (χ1) is 11.4. The molecular formula is C16H22N2O5S. The predicted molar refractivity (Wildman–Crippen MR) is 88.3 cm³/mol. The molecule has 1 N–H and O–H groups in total. The van der Waals surface area contributed by atoms with E-state index >= 15 is 0 Å². The first-order valence-electron chi connectivity index (χ1n) is 7.90. The molecule has 0 spiro atoms. The van der Waals surface area contributed by atoms with Gasteiger partial charge in [0.15, 0.2) is 9.84 Å². The maximum Gasteiger partial charge on any atom is 0.248 e. The van der Waals surface area contributed by atoms with E-state index < -0.39 is 9.84 Å². The number of carbonyl (C=O) groups is 1. The molecule has 0 aliphatic carbocycles. The minimum absolute atomic E-state index is 0.00363. The van der Waals surface area contributed by atoms with Crippen LogP contribution in [-0.4, -0.2) is 79.6 Å². The molecular weight excluding hydrogens is 332 g/mol. The number of phenols is 1. The molecule has 0 unspecified atom stereocenters. The summed E-state index contributed by atoms with van der Waals surface area (Å²) in [6.45, 7) is 1.60. The quantitative estimate of drug-likeness (QED) is 0.809. The zero-order valence-electron chi connectivity index (χ0n) is 13.6. The molecule has 2 aliphatic heterocycles. The molecule has 1 aromatic rings. The van der Waals surface area contributed by atoms with E-state index in [1.807, 2.05) is 6.07 Å². The van der Waals surface area contributed by atoms with Gasteiger partial charge in [-0.1, -0.05) is 12.1 Å². The van der Waals surface area contributed by atoms with E-state index in [4.69, 9.17) is 4.74 Å². The smallest absolute Gasteiger partial charge is 0.248 e. The number of phenolic OH excluding ortho intramolecular Hbond substituents is 1. The van der Waals surface area contributed by atoms with E-state index in [-0.39, 0.29) is 41.9 Å². The van der Waals surface area contributed by atoms with Crippen LogP contribution in [0, 0.1) is 0 Å². The Morgan fingerprint density at radius 3 is 2.75 bits per heavy atom. The molecule has 2 atom stereocenters. The monoisotopic (exact) mass is 354 g/mol. The number of carbonyl (C=O) groups excluding carboxylic acids is 1. The van der Waals surface area contributed by atoms with Gasteiger partial charge in [0.05, 0.1) is 17.5 Å². The Kier molecular flexibility index (Phi) is 4.80. The zero-order chi connectivity index (χ0) is 17.3. The number of nitrogens with zero attached hydrogens (tertiary/aromatic N) is 2. The topological polar surface area (TPSA) is 87.2 Å². The number of hydrogen-bond acceptors (Lipinski definition) is 6. The number of amides is 1. The number of benzene rings is 1. The fraction of sp³-hybridized carbons (Fsp3) is 0.562. The molecule has 2 fully saturated rings. The third-order valence-corrected chi connectivity index (χ3v) is 6.37. The molecule has 24 heavy (non-hydrogen) atoms. The van der Waals surface area contributed by atoms with Crippen LogP contribution in [-0.2, 0) is 25.9 Å². The van der Waals surface area contributed by atoms with Crippen LogP contribution in [0.4, 0.5) is 0 Å². The van der Waals surface area contributed by atoms with Crippen molar-refractivity contribution in [2.24, 2.45) is 0 Å². The maximum atomic E-state index is 12.2. The molecule has 8 heteroatoms. The Balaban J connectivity index is 1.80. The molecule has 1 amide bonds. The summed E-state index contributed by atoms with van der Waals surface area (Å²) in [6.07, 6.45) is 0. The van der Waals surface area contributed by atoms with Gasteiger partial charge >= 0.3 is 0 Å². The summed E-state index contributed by atoms with van der Waals surface area (Å²) in [6, 6.07) is 6.41. The van der Waals surface area contributed by atoms with E-state index in [1.165, 1.54) is 7.11 Å². The van der Waals surface area contributed by atoms with E-state index in [9.17, 15) is 18.3 Å². The molecule has 7 nitrogen and oxygen atoms in total. The maximum absolute atomic E-state index is 12.2. The molecule has 0 aromatic heterocycles. The van der Waals surface area contributed by atoms with Crippen LogP contribution in [0.25, 0.3) is 0 Å². The highest BCUT2D eigenvalue weighted by Gasteiger charge is 2.47. The lowest BCUT2D eigenvalue weighted by atomic mass is 10.0. The molecule has 3 rings (SSSR count). The van der Waals surface area contributed by atoms with Gasteiger partial charge < -0.3 is 14.7 Å². The molecule has 0 saturated carbocycles. The van der Waals surface area contributed by atoms with Crippen LogP contribution < -0.4 is 0 Å². The third-order valence-electron chi connectivity index (χ3n) is 4.68. The van der Waals surface area contributed by atoms with Gasteiger partial charge in [-0.25, -0.2) is 8.42 Å². The molecule has 2 heterocycles. The molecule has 132 valence electrons. The van der Waals surface area contributed by atoms with Gasteiger partial charge in [0, 0.05) is 32.8 Å². The van der Waals surface area contributed by atoms with Crippen molar-refractivity contribution in [3.05, 3.63) is 29.8 Å². The van der Waals surface area contributed by atoms with Gasteiger partial charge in [-0.3, -0.25) is 9.69 Å². The van der Waals surface area contributed by atoms with Crippen molar-refractivity contribution in [2.45, 2.75) is 18.6 Å². The van der Waals surface area contributed by atoms with Crippen LogP contribution in [0.1, 0.15) is 5.56 Å². The molecule has 0 radical (unpaired) electrons. The Bertz CT molecular complexity index is 721. The van der Waals surface area contributed by atoms with E-state index in [2.05, 4.69) is 4.90 Å². The van der Waals surface area contributed by atoms with Crippen molar-refractivity contribution in [2.75, 3.05) is 38.3 Å². The summed E-state index contributed by atoms with van der Waals surface area (Å²) in [7, 11) is -1.71. The first kappa shape index (κ1) is 17.2. The number of fused-ring (bicyclic) bond motifs is 1. The number of methoxy groups -OCH3 is 1. The summed E-state index contributed by atoms with van der Waals surface area (Å²) in [5, 5.41) is 9.61. The Morgan fingerprint density at radius 1 is 1.29 bits per heavy atom. The van der Waals surface area contributed by atoms with Crippen molar-refractivity contribution in [1.29, 1.82) is 0 Å². The van der Waals surface area contributed by atoms with E-state index in [0.717, 1.165) is 5.56 Å². The molecule has 2 aliphatic rings. The number of hydrogen-bond donors (Lipinski definition) is 1. The molecule has 2 saturated heterocycles. The number of ether oxygens (including phenoxy) is 1. The van der Waals surface area contributed by atoms with Gasteiger partial charge in [0.1, 0.15) is 12.4 Å².